The molecular weight excluding hydrogens is 447 g/mol. The molecule has 0 heterocycles. The van der Waals surface area contributed by atoms with Gasteiger partial charge in [0.05, 0.1) is 9.79 Å². The van der Waals surface area contributed by atoms with Crippen LogP contribution >= 0.6 is 23.2 Å². The molecule has 0 aliphatic rings. The molecule has 5 heteroatoms. The fourth-order valence-electron chi connectivity index (χ4n) is 3.61. The summed E-state index contributed by atoms with van der Waals surface area (Å²) in [5.74, 6) is 0. The highest BCUT2D eigenvalue weighted by molar-refractivity contribution is 7.91. The second-order valence-electron chi connectivity index (χ2n) is 7.48. The summed E-state index contributed by atoms with van der Waals surface area (Å²) in [6.45, 7) is 3.91. The summed E-state index contributed by atoms with van der Waals surface area (Å²) in [5, 5.41) is 1.21. The molecule has 4 rings (SSSR count). The van der Waals surface area contributed by atoms with Gasteiger partial charge in [0.1, 0.15) is 0 Å². The van der Waals surface area contributed by atoms with Gasteiger partial charge in [-0.15, -0.1) is 0 Å². The van der Waals surface area contributed by atoms with Gasteiger partial charge in [-0.25, -0.2) is 8.42 Å². The van der Waals surface area contributed by atoms with Gasteiger partial charge in [-0.3, -0.25) is 0 Å². The predicted molar refractivity (Wildman–Crippen MR) is 129 cm³/mol. The summed E-state index contributed by atoms with van der Waals surface area (Å²) < 4.78 is 27.0. The molecule has 0 saturated heterocycles. The Morgan fingerprint density at radius 3 is 1.39 bits per heavy atom. The van der Waals surface area contributed by atoms with Crippen LogP contribution in [0.3, 0.4) is 0 Å². The Kier molecular flexibility index (Phi) is 5.94. The van der Waals surface area contributed by atoms with Gasteiger partial charge >= 0.3 is 0 Å². The fourth-order valence-corrected chi connectivity index (χ4v) is 5.30. The van der Waals surface area contributed by atoms with Crippen LogP contribution in [0.5, 0.6) is 0 Å². The SMILES string of the molecule is Cc1ccc(S(=O)(=O)c2ccc(C)c(-c3cccc(Cl)c3)c2)cc1-c1cccc(Cl)c1. The normalized spacial score (nSPS) is 11.5. The lowest BCUT2D eigenvalue weighted by Gasteiger charge is -2.13. The molecule has 31 heavy (non-hydrogen) atoms. The summed E-state index contributed by atoms with van der Waals surface area (Å²) in [6.07, 6.45) is 0. The third-order valence-electron chi connectivity index (χ3n) is 5.31. The van der Waals surface area contributed by atoms with Gasteiger partial charge in [-0.1, -0.05) is 59.6 Å². The van der Waals surface area contributed by atoms with Crippen molar-refractivity contribution in [1.29, 1.82) is 0 Å². The number of benzene rings is 4. The van der Waals surface area contributed by atoms with Crippen LogP contribution in [0.15, 0.2) is 94.7 Å². The molecule has 0 aromatic heterocycles. The summed E-state index contributed by atoms with van der Waals surface area (Å²) in [4.78, 5) is 0.489. The minimum atomic E-state index is -3.72. The standard InChI is InChI=1S/C26H20Cl2O2S/c1-17-9-11-23(15-25(17)19-5-3-7-21(27)13-19)31(29,30)24-12-10-18(2)26(16-24)20-6-4-8-22(28)14-20/h3-16H,1-2H3. The van der Waals surface area contributed by atoms with Crippen LogP contribution in [-0.2, 0) is 9.84 Å². The Morgan fingerprint density at radius 2 is 1.00 bits per heavy atom. The Labute approximate surface area is 193 Å². The number of sulfone groups is 1. The van der Waals surface area contributed by atoms with E-state index in [1.807, 2.05) is 62.4 Å². The van der Waals surface area contributed by atoms with Gasteiger partial charge in [0.25, 0.3) is 0 Å². The van der Waals surface area contributed by atoms with Crippen LogP contribution in [-0.4, -0.2) is 8.42 Å². The summed E-state index contributed by atoms with van der Waals surface area (Å²) in [5.41, 5.74) is 5.39. The first-order chi connectivity index (χ1) is 14.8. The average molecular weight is 467 g/mol. The zero-order chi connectivity index (χ0) is 22.2. The van der Waals surface area contributed by atoms with E-state index in [1.165, 1.54) is 0 Å². The molecule has 0 N–H and O–H groups in total. The molecule has 0 aliphatic heterocycles. The molecular formula is C26H20Cl2O2S. The predicted octanol–water partition coefficient (Wildman–Crippen LogP) is 7.78. The van der Waals surface area contributed by atoms with E-state index in [9.17, 15) is 8.42 Å². The lowest BCUT2D eigenvalue weighted by Crippen LogP contribution is -2.03. The second kappa shape index (κ2) is 8.51. The van der Waals surface area contributed by atoms with E-state index >= 15 is 0 Å². The molecule has 156 valence electrons. The monoisotopic (exact) mass is 466 g/mol. The minimum absolute atomic E-state index is 0.244. The molecule has 0 aliphatic carbocycles. The van der Waals surface area contributed by atoms with E-state index in [2.05, 4.69) is 0 Å². The van der Waals surface area contributed by atoms with E-state index in [-0.39, 0.29) is 9.79 Å². The van der Waals surface area contributed by atoms with Crippen LogP contribution in [0.2, 0.25) is 10.0 Å². The summed E-state index contributed by atoms with van der Waals surface area (Å²) >= 11 is 12.3. The van der Waals surface area contributed by atoms with Gasteiger partial charge in [0.15, 0.2) is 0 Å². The molecule has 0 spiro atoms. The van der Waals surface area contributed by atoms with Crippen molar-refractivity contribution in [3.8, 4) is 22.3 Å². The van der Waals surface area contributed by atoms with Crippen molar-refractivity contribution in [2.45, 2.75) is 23.6 Å². The molecule has 0 amide bonds. The van der Waals surface area contributed by atoms with Crippen molar-refractivity contribution in [3.63, 3.8) is 0 Å². The van der Waals surface area contributed by atoms with Crippen LogP contribution in [0.1, 0.15) is 11.1 Å². The van der Waals surface area contributed by atoms with Crippen LogP contribution in [0.4, 0.5) is 0 Å². The van der Waals surface area contributed by atoms with E-state index < -0.39 is 9.84 Å². The Bertz CT molecular complexity index is 1290. The van der Waals surface area contributed by atoms with E-state index in [1.54, 1.807) is 36.4 Å². The number of rotatable bonds is 4. The van der Waals surface area contributed by atoms with Gasteiger partial charge in [-0.05, 0) is 95.8 Å². The highest BCUT2D eigenvalue weighted by Crippen LogP contribution is 2.33. The molecule has 4 aromatic rings. The van der Waals surface area contributed by atoms with Crippen molar-refractivity contribution in [3.05, 3.63) is 106 Å². The van der Waals surface area contributed by atoms with Crippen LogP contribution in [0, 0.1) is 13.8 Å². The third-order valence-corrected chi connectivity index (χ3v) is 7.53. The topological polar surface area (TPSA) is 34.1 Å². The first-order valence-corrected chi connectivity index (χ1v) is 12.0. The molecule has 0 bridgehead atoms. The van der Waals surface area contributed by atoms with Crippen LogP contribution in [0.25, 0.3) is 22.3 Å². The maximum atomic E-state index is 13.5. The van der Waals surface area contributed by atoms with Gasteiger partial charge in [-0.2, -0.15) is 0 Å². The molecule has 0 atom stereocenters. The van der Waals surface area contributed by atoms with E-state index in [4.69, 9.17) is 23.2 Å². The molecule has 0 unspecified atom stereocenters. The van der Waals surface area contributed by atoms with E-state index in [0.29, 0.717) is 10.0 Å². The summed E-state index contributed by atoms with van der Waals surface area (Å²) in [7, 11) is -3.72. The maximum absolute atomic E-state index is 13.5. The van der Waals surface area contributed by atoms with Crippen LogP contribution < -0.4 is 0 Å². The quantitative estimate of drug-likeness (QED) is 0.307. The molecule has 0 saturated carbocycles. The lowest BCUT2D eigenvalue weighted by atomic mass is 10.0. The van der Waals surface area contributed by atoms with Crippen molar-refractivity contribution in [2.24, 2.45) is 0 Å². The van der Waals surface area contributed by atoms with Gasteiger partial charge in [0.2, 0.25) is 9.84 Å². The second-order valence-corrected chi connectivity index (χ2v) is 10.3. The molecule has 0 radical (unpaired) electrons. The number of hydrogen-bond donors (Lipinski definition) is 0. The number of halogens is 2. The van der Waals surface area contributed by atoms with E-state index in [0.717, 1.165) is 33.4 Å². The molecule has 2 nitrogen and oxygen atoms in total. The van der Waals surface area contributed by atoms with Crippen molar-refractivity contribution in [2.75, 3.05) is 0 Å². The summed E-state index contributed by atoms with van der Waals surface area (Å²) in [6, 6.07) is 25.2. The Balaban J connectivity index is 1.83. The lowest BCUT2D eigenvalue weighted by molar-refractivity contribution is 0.596. The minimum Gasteiger partial charge on any atom is -0.219 e. The zero-order valence-corrected chi connectivity index (χ0v) is 19.4. The first kappa shape index (κ1) is 21.6. The molecule has 0 fully saturated rings. The van der Waals surface area contributed by atoms with Gasteiger partial charge < -0.3 is 0 Å². The third kappa shape index (κ3) is 4.40. The molecule has 4 aromatic carbocycles. The largest absolute Gasteiger partial charge is 0.219 e. The zero-order valence-electron chi connectivity index (χ0n) is 17.1. The fraction of sp³-hybridized carbons (Fsp3) is 0.0769. The Hall–Kier alpha value is -2.59. The van der Waals surface area contributed by atoms with Crippen molar-refractivity contribution < 1.29 is 8.42 Å². The smallest absolute Gasteiger partial charge is 0.206 e. The highest BCUT2D eigenvalue weighted by atomic mass is 35.5. The van der Waals surface area contributed by atoms with Gasteiger partial charge in [0, 0.05) is 10.0 Å². The number of aryl methyl sites for hydroxylation is 2. The highest BCUT2D eigenvalue weighted by Gasteiger charge is 2.20. The van der Waals surface area contributed by atoms with Crippen molar-refractivity contribution in [1.82, 2.24) is 0 Å². The first-order valence-electron chi connectivity index (χ1n) is 9.74. The average Bonchev–Trinajstić information content (AvgIpc) is 2.74. The maximum Gasteiger partial charge on any atom is 0.206 e. The number of hydrogen-bond acceptors (Lipinski definition) is 2. The Morgan fingerprint density at radius 1 is 0.581 bits per heavy atom. The van der Waals surface area contributed by atoms with Crippen molar-refractivity contribution >= 4 is 33.0 Å².